The van der Waals surface area contributed by atoms with Gasteiger partial charge in [-0.2, -0.15) is 0 Å². The van der Waals surface area contributed by atoms with E-state index in [1.807, 2.05) is 6.08 Å². The molecule has 1 aliphatic heterocycles. The van der Waals surface area contributed by atoms with Gasteiger partial charge in [0.15, 0.2) is 0 Å². The predicted octanol–water partition coefficient (Wildman–Crippen LogP) is 0.362. The Morgan fingerprint density at radius 3 is 2.47 bits per heavy atom. The third-order valence-corrected chi connectivity index (χ3v) is 5.39. The molecule has 1 saturated heterocycles. The van der Waals surface area contributed by atoms with Crippen LogP contribution in [0.25, 0.3) is 6.08 Å². The molecule has 0 radical (unpaired) electrons. The van der Waals surface area contributed by atoms with E-state index in [9.17, 15) is 30.6 Å². The van der Waals surface area contributed by atoms with Crippen LogP contribution >= 0.6 is 0 Å². The van der Waals surface area contributed by atoms with Crippen molar-refractivity contribution in [1.82, 2.24) is 0 Å². The Balaban J connectivity index is 2.25. The number of aryl methyl sites for hydroxylation is 1. The van der Waals surface area contributed by atoms with E-state index in [0.717, 1.165) is 5.57 Å². The quantitative estimate of drug-likeness (QED) is 0.261. The number of aliphatic hydroxyl groups excluding tert-OH is 5. The van der Waals surface area contributed by atoms with Crippen molar-refractivity contribution in [2.45, 2.75) is 69.9 Å². The van der Waals surface area contributed by atoms with Crippen LogP contribution in [0.3, 0.4) is 0 Å². The van der Waals surface area contributed by atoms with E-state index in [-0.39, 0.29) is 18.1 Å². The zero-order valence-electron chi connectivity index (χ0n) is 18.5. The van der Waals surface area contributed by atoms with E-state index in [2.05, 4.69) is 0 Å². The summed E-state index contributed by atoms with van der Waals surface area (Å²) in [6.45, 7) is 4.46. The standard InChI is InChI=1S/C23H34O9/c1-13(11-24)5-4-7-23(3,30)8-6-15-10-16(26)9-14(2)21(15)32-22-20(29)19(28)18(27)17(12-25)31-22/h5-6,8-10,17-20,22,24-30H,4,7,11-12H2,1-3H3/b8-6+,13-5-. The summed E-state index contributed by atoms with van der Waals surface area (Å²) >= 11 is 0. The van der Waals surface area contributed by atoms with Crippen LogP contribution in [0, 0.1) is 6.92 Å². The van der Waals surface area contributed by atoms with Crippen molar-refractivity contribution in [3.8, 4) is 11.5 Å². The molecule has 0 aliphatic carbocycles. The third kappa shape index (κ3) is 6.76. The van der Waals surface area contributed by atoms with Crippen molar-refractivity contribution in [2.75, 3.05) is 13.2 Å². The van der Waals surface area contributed by atoms with Crippen molar-refractivity contribution < 1.29 is 45.2 Å². The zero-order valence-corrected chi connectivity index (χ0v) is 18.5. The molecule has 2 rings (SSSR count). The molecule has 6 unspecified atom stereocenters. The van der Waals surface area contributed by atoms with Crippen LogP contribution in [0.1, 0.15) is 37.8 Å². The lowest BCUT2D eigenvalue weighted by Gasteiger charge is -2.39. The zero-order chi connectivity index (χ0) is 24.1. The Morgan fingerprint density at radius 1 is 1.16 bits per heavy atom. The van der Waals surface area contributed by atoms with Gasteiger partial charge < -0.3 is 45.2 Å². The van der Waals surface area contributed by atoms with Crippen molar-refractivity contribution in [3.63, 3.8) is 0 Å². The molecule has 0 amide bonds. The minimum atomic E-state index is -1.58. The first-order valence-electron chi connectivity index (χ1n) is 10.5. The van der Waals surface area contributed by atoms with Gasteiger partial charge >= 0.3 is 0 Å². The number of benzene rings is 1. The van der Waals surface area contributed by atoms with E-state index in [1.165, 1.54) is 12.1 Å². The molecule has 9 heteroatoms. The fraction of sp³-hybridized carbons (Fsp3) is 0.565. The summed E-state index contributed by atoms with van der Waals surface area (Å²) in [6, 6.07) is 2.85. The van der Waals surface area contributed by atoms with E-state index >= 15 is 0 Å². The topological polar surface area (TPSA) is 160 Å². The molecular formula is C23H34O9. The molecule has 6 atom stereocenters. The van der Waals surface area contributed by atoms with Gasteiger partial charge in [0.05, 0.1) is 18.8 Å². The summed E-state index contributed by atoms with van der Waals surface area (Å²) in [6.07, 6.45) is -1.28. The van der Waals surface area contributed by atoms with Gasteiger partial charge in [-0.15, -0.1) is 0 Å². The van der Waals surface area contributed by atoms with Gasteiger partial charge in [0.2, 0.25) is 6.29 Å². The van der Waals surface area contributed by atoms with Crippen molar-refractivity contribution in [2.24, 2.45) is 0 Å². The number of aliphatic hydroxyl groups is 6. The number of phenolic OH excluding ortho intramolecular Hbond substituents is 1. The molecule has 0 aromatic heterocycles. The lowest BCUT2D eigenvalue weighted by atomic mass is 9.97. The van der Waals surface area contributed by atoms with Gasteiger partial charge in [0.25, 0.3) is 0 Å². The van der Waals surface area contributed by atoms with Crippen molar-refractivity contribution in [3.05, 3.63) is 41.0 Å². The lowest BCUT2D eigenvalue weighted by molar-refractivity contribution is -0.277. The molecule has 32 heavy (non-hydrogen) atoms. The molecule has 0 spiro atoms. The fourth-order valence-electron chi connectivity index (χ4n) is 3.38. The second-order valence-electron chi connectivity index (χ2n) is 8.43. The highest BCUT2D eigenvalue weighted by Gasteiger charge is 2.45. The highest BCUT2D eigenvalue weighted by atomic mass is 16.7. The second kappa shape index (κ2) is 11.2. The maximum Gasteiger partial charge on any atom is 0.229 e. The van der Waals surface area contributed by atoms with Crippen molar-refractivity contribution in [1.29, 1.82) is 0 Å². The first-order valence-corrected chi connectivity index (χ1v) is 10.5. The highest BCUT2D eigenvalue weighted by Crippen LogP contribution is 2.33. The van der Waals surface area contributed by atoms with Crippen LogP contribution in [0.15, 0.2) is 29.9 Å². The van der Waals surface area contributed by atoms with Crippen LogP contribution in [-0.4, -0.2) is 85.3 Å². The number of allylic oxidation sites excluding steroid dienone is 1. The molecule has 1 aliphatic rings. The van der Waals surface area contributed by atoms with E-state index < -0.39 is 42.9 Å². The maximum absolute atomic E-state index is 10.6. The Kier molecular flexibility index (Phi) is 9.23. The summed E-state index contributed by atoms with van der Waals surface area (Å²) in [5.74, 6) is 0.194. The van der Waals surface area contributed by atoms with Crippen molar-refractivity contribution >= 4 is 6.08 Å². The van der Waals surface area contributed by atoms with Crippen LogP contribution in [0.2, 0.25) is 0 Å². The molecule has 1 heterocycles. The van der Waals surface area contributed by atoms with Crippen LogP contribution in [0.5, 0.6) is 11.5 Å². The maximum atomic E-state index is 10.6. The largest absolute Gasteiger partial charge is 0.508 e. The molecular weight excluding hydrogens is 420 g/mol. The monoisotopic (exact) mass is 454 g/mol. The van der Waals surface area contributed by atoms with Gasteiger partial charge in [0.1, 0.15) is 35.9 Å². The summed E-state index contributed by atoms with van der Waals surface area (Å²) < 4.78 is 11.2. The first-order chi connectivity index (χ1) is 15.0. The van der Waals surface area contributed by atoms with Gasteiger partial charge in [-0.25, -0.2) is 0 Å². The summed E-state index contributed by atoms with van der Waals surface area (Å²) in [5, 5.41) is 69.3. The fourth-order valence-corrected chi connectivity index (χ4v) is 3.38. The Labute approximate surface area is 187 Å². The summed E-state index contributed by atoms with van der Waals surface area (Å²) in [5.41, 5.74) is 0.514. The SMILES string of the molecule is C/C(=C/CCC(C)(O)/C=C/c1cc(O)cc(C)c1OC1OC(CO)C(O)C(O)C1O)CO. The third-order valence-electron chi connectivity index (χ3n) is 5.39. The number of aromatic hydroxyl groups is 1. The van der Waals surface area contributed by atoms with Crippen LogP contribution in [-0.2, 0) is 4.74 Å². The number of hydrogen-bond acceptors (Lipinski definition) is 9. The van der Waals surface area contributed by atoms with E-state index in [4.69, 9.17) is 14.6 Å². The number of phenols is 1. The molecule has 0 saturated carbocycles. The second-order valence-corrected chi connectivity index (χ2v) is 8.43. The van der Waals surface area contributed by atoms with Gasteiger partial charge in [-0.3, -0.25) is 0 Å². The molecule has 7 N–H and O–H groups in total. The average molecular weight is 455 g/mol. The highest BCUT2D eigenvalue weighted by molar-refractivity contribution is 5.63. The number of hydrogen-bond donors (Lipinski definition) is 7. The minimum Gasteiger partial charge on any atom is -0.508 e. The molecule has 180 valence electrons. The van der Waals surface area contributed by atoms with E-state index in [1.54, 1.807) is 32.9 Å². The Hall–Kier alpha value is -1.98. The molecule has 1 aromatic rings. The van der Waals surface area contributed by atoms with Gasteiger partial charge in [-0.05, 0) is 51.3 Å². The smallest absolute Gasteiger partial charge is 0.229 e. The number of rotatable bonds is 9. The summed E-state index contributed by atoms with van der Waals surface area (Å²) in [4.78, 5) is 0. The number of ether oxygens (including phenoxy) is 2. The van der Waals surface area contributed by atoms with Crippen LogP contribution < -0.4 is 4.74 Å². The van der Waals surface area contributed by atoms with Crippen LogP contribution in [0.4, 0.5) is 0 Å². The lowest BCUT2D eigenvalue weighted by Crippen LogP contribution is -2.60. The van der Waals surface area contributed by atoms with E-state index in [0.29, 0.717) is 24.0 Å². The normalized spacial score (nSPS) is 28.7. The minimum absolute atomic E-state index is 0.0375. The predicted molar refractivity (Wildman–Crippen MR) is 117 cm³/mol. The summed E-state index contributed by atoms with van der Waals surface area (Å²) in [7, 11) is 0. The van der Waals surface area contributed by atoms with Gasteiger partial charge in [-0.1, -0.05) is 23.8 Å². The molecule has 1 fully saturated rings. The Bertz CT molecular complexity index is 816. The first kappa shape index (κ1) is 26.3. The molecule has 0 bridgehead atoms. The Morgan fingerprint density at radius 2 is 1.84 bits per heavy atom. The average Bonchev–Trinajstić information content (AvgIpc) is 2.73. The molecule has 1 aromatic carbocycles. The molecule has 9 nitrogen and oxygen atoms in total. The van der Waals surface area contributed by atoms with Gasteiger partial charge in [0, 0.05) is 5.56 Å².